The molecular weight excluding hydrogens is 489 g/mol. The third kappa shape index (κ3) is 6.10. The molecule has 0 saturated carbocycles. The molecule has 1 unspecified atom stereocenters. The number of rotatable bonds is 8. The molecule has 0 spiro atoms. The second kappa shape index (κ2) is 11.8. The van der Waals surface area contributed by atoms with Gasteiger partial charge in [0.25, 0.3) is 0 Å². The number of nitrogens with one attached hydrogen (secondary N) is 2. The maximum atomic E-state index is 5.24. The monoisotopic (exact) mass is 521 g/mol. The minimum Gasteiger partial charge on any atom is -0.497 e. The van der Waals surface area contributed by atoms with E-state index in [1.165, 1.54) is 5.56 Å². The third-order valence-corrected chi connectivity index (χ3v) is 5.16. The molecule has 2 aromatic carbocycles. The van der Waals surface area contributed by atoms with E-state index in [1.54, 1.807) is 7.11 Å². The van der Waals surface area contributed by atoms with E-state index in [2.05, 4.69) is 47.2 Å². The van der Waals surface area contributed by atoms with Crippen molar-refractivity contribution in [2.75, 3.05) is 20.2 Å². The Morgan fingerprint density at radius 3 is 2.53 bits per heavy atom. The van der Waals surface area contributed by atoms with Crippen LogP contribution in [0.15, 0.2) is 53.5 Å². The fourth-order valence-electron chi connectivity index (χ4n) is 3.33. The van der Waals surface area contributed by atoms with Crippen molar-refractivity contribution in [3.05, 3.63) is 59.9 Å². The molecule has 0 radical (unpaired) electrons. The fraction of sp³-hybridized carbons (Fsp3) is 0.391. The predicted octanol–water partition coefficient (Wildman–Crippen LogP) is 4.45. The first-order valence-corrected chi connectivity index (χ1v) is 10.2. The molecule has 0 saturated heterocycles. The minimum atomic E-state index is 0. The van der Waals surface area contributed by atoms with Gasteiger partial charge >= 0.3 is 0 Å². The van der Waals surface area contributed by atoms with Crippen molar-refractivity contribution in [1.82, 2.24) is 20.2 Å². The Morgan fingerprint density at radius 2 is 1.87 bits per heavy atom. The number of benzene rings is 2. The number of aromatic nitrogens is 2. The van der Waals surface area contributed by atoms with Crippen LogP contribution in [0.25, 0.3) is 11.0 Å². The van der Waals surface area contributed by atoms with Crippen LogP contribution in [0, 0.1) is 0 Å². The number of nitrogens with zero attached hydrogens (tertiary/aromatic N) is 3. The quantitative estimate of drug-likeness (QED) is 0.261. The van der Waals surface area contributed by atoms with Gasteiger partial charge in [0.15, 0.2) is 5.96 Å². The SMILES string of the molecule is CCNC(=NCc1nc2ccccc2n1C)NCCC(C)c1ccc(OC)cc1.I. The molecule has 0 aliphatic carbocycles. The largest absolute Gasteiger partial charge is 0.497 e. The maximum absolute atomic E-state index is 5.24. The van der Waals surface area contributed by atoms with Gasteiger partial charge in [0, 0.05) is 20.1 Å². The van der Waals surface area contributed by atoms with E-state index in [1.807, 2.05) is 37.4 Å². The van der Waals surface area contributed by atoms with Crippen molar-refractivity contribution >= 4 is 41.0 Å². The highest BCUT2D eigenvalue weighted by molar-refractivity contribution is 14.0. The second-order valence-electron chi connectivity index (χ2n) is 7.16. The first-order valence-electron chi connectivity index (χ1n) is 10.2. The lowest BCUT2D eigenvalue weighted by Gasteiger charge is -2.15. The highest BCUT2D eigenvalue weighted by Gasteiger charge is 2.08. The zero-order chi connectivity index (χ0) is 20.6. The molecule has 0 fully saturated rings. The number of guanidine groups is 1. The van der Waals surface area contributed by atoms with E-state index >= 15 is 0 Å². The molecule has 30 heavy (non-hydrogen) atoms. The molecule has 6 nitrogen and oxygen atoms in total. The molecule has 3 aromatic rings. The van der Waals surface area contributed by atoms with Crippen molar-refractivity contribution in [2.24, 2.45) is 12.0 Å². The van der Waals surface area contributed by atoms with Crippen LogP contribution in [-0.2, 0) is 13.6 Å². The molecule has 1 atom stereocenters. The maximum Gasteiger partial charge on any atom is 0.191 e. The van der Waals surface area contributed by atoms with Crippen LogP contribution in [0.1, 0.15) is 37.6 Å². The summed E-state index contributed by atoms with van der Waals surface area (Å²) < 4.78 is 7.34. The lowest BCUT2D eigenvalue weighted by atomic mass is 9.98. The van der Waals surface area contributed by atoms with Crippen LogP contribution in [0.5, 0.6) is 5.75 Å². The van der Waals surface area contributed by atoms with E-state index < -0.39 is 0 Å². The summed E-state index contributed by atoms with van der Waals surface area (Å²) in [4.78, 5) is 9.42. The first kappa shape index (κ1) is 24.0. The Kier molecular flexibility index (Phi) is 9.42. The van der Waals surface area contributed by atoms with Crippen molar-refractivity contribution in [3.63, 3.8) is 0 Å². The fourth-order valence-corrected chi connectivity index (χ4v) is 3.33. The van der Waals surface area contributed by atoms with Crippen LogP contribution in [0.2, 0.25) is 0 Å². The van der Waals surface area contributed by atoms with Gasteiger partial charge in [-0.25, -0.2) is 9.98 Å². The van der Waals surface area contributed by atoms with Gasteiger partial charge in [0.05, 0.1) is 18.1 Å². The van der Waals surface area contributed by atoms with Crippen LogP contribution in [-0.4, -0.2) is 35.7 Å². The number of imidazole rings is 1. The number of aryl methyl sites for hydroxylation is 1. The molecular formula is C23H32IN5O. The van der Waals surface area contributed by atoms with Gasteiger partial charge in [0.1, 0.15) is 18.1 Å². The van der Waals surface area contributed by atoms with Gasteiger partial charge in [0.2, 0.25) is 0 Å². The highest BCUT2D eigenvalue weighted by Crippen LogP contribution is 2.21. The van der Waals surface area contributed by atoms with Crippen LogP contribution >= 0.6 is 24.0 Å². The number of ether oxygens (including phenoxy) is 1. The van der Waals surface area contributed by atoms with E-state index in [4.69, 9.17) is 14.7 Å². The lowest BCUT2D eigenvalue weighted by Crippen LogP contribution is -2.38. The predicted molar refractivity (Wildman–Crippen MR) is 135 cm³/mol. The third-order valence-electron chi connectivity index (χ3n) is 5.16. The topological polar surface area (TPSA) is 63.5 Å². The number of methoxy groups -OCH3 is 1. The van der Waals surface area contributed by atoms with Crippen molar-refractivity contribution in [1.29, 1.82) is 0 Å². The van der Waals surface area contributed by atoms with Crippen molar-refractivity contribution in [3.8, 4) is 5.75 Å². The summed E-state index contributed by atoms with van der Waals surface area (Å²) in [6.45, 7) is 6.53. The Bertz CT molecular complexity index is 952. The molecule has 3 rings (SSSR count). The van der Waals surface area contributed by atoms with Gasteiger partial charge in [-0.15, -0.1) is 24.0 Å². The standard InChI is InChI=1S/C23H31N5O.HI/c1-5-24-23(25-15-14-17(2)18-10-12-19(29-4)13-11-18)26-16-22-27-20-8-6-7-9-21(20)28(22)3;/h6-13,17H,5,14-16H2,1-4H3,(H2,24,25,26);1H. The number of hydrogen-bond donors (Lipinski definition) is 2. The van der Waals surface area contributed by atoms with E-state index in [9.17, 15) is 0 Å². The summed E-state index contributed by atoms with van der Waals surface area (Å²) in [5.74, 6) is 3.12. The van der Waals surface area contributed by atoms with Crippen LogP contribution in [0.3, 0.4) is 0 Å². The summed E-state index contributed by atoms with van der Waals surface area (Å²) >= 11 is 0. The van der Waals surface area contributed by atoms with E-state index in [0.29, 0.717) is 12.5 Å². The Hall–Kier alpha value is -2.29. The Labute approximate surface area is 196 Å². The minimum absolute atomic E-state index is 0. The lowest BCUT2D eigenvalue weighted by molar-refractivity contribution is 0.414. The number of para-hydroxylation sites is 2. The number of halogens is 1. The number of aliphatic imine (C=N–C) groups is 1. The average Bonchev–Trinajstić information content (AvgIpc) is 3.07. The Balaban J connectivity index is 0.00000320. The molecule has 2 N–H and O–H groups in total. The van der Waals surface area contributed by atoms with Crippen LogP contribution < -0.4 is 15.4 Å². The molecule has 1 aromatic heterocycles. The van der Waals surface area contributed by atoms with Gasteiger partial charge in [-0.05, 0) is 49.1 Å². The summed E-state index contributed by atoms with van der Waals surface area (Å²) in [7, 11) is 3.73. The molecule has 7 heteroatoms. The number of fused-ring (bicyclic) bond motifs is 1. The zero-order valence-corrected chi connectivity index (χ0v) is 20.5. The molecule has 0 amide bonds. The average molecular weight is 521 g/mol. The second-order valence-corrected chi connectivity index (χ2v) is 7.16. The molecule has 0 aliphatic rings. The van der Waals surface area contributed by atoms with E-state index in [0.717, 1.165) is 48.1 Å². The summed E-state index contributed by atoms with van der Waals surface area (Å²) in [5.41, 5.74) is 3.45. The first-order chi connectivity index (χ1) is 14.1. The molecule has 1 heterocycles. The molecule has 162 valence electrons. The Morgan fingerprint density at radius 1 is 1.13 bits per heavy atom. The van der Waals surface area contributed by atoms with Gasteiger partial charge in [-0.2, -0.15) is 0 Å². The molecule has 0 bridgehead atoms. The van der Waals surface area contributed by atoms with Crippen molar-refractivity contribution in [2.45, 2.75) is 32.7 Å². The summed E-state index contributed by atoms with van der Waals surface area (Å²) in [6, 6.07) is 16.5. The van der Waals surface area contributed by atoms with Gasteiger partial charge < -0.3 is 19.9 Å². The smallest absolute Gasteiger partial charge is 0.191 e. The number of hydrogen-bond acceptors (Lipinski definition) is 3. The van der Waals surface area contributed by atoms with Gasteiger partial charge in [-0.1, -0.05) is 31.2 Å². The van der Waals surface area contributed by atoms with Crippen molar-refractivity contribution < 1.29 is 4.74 Å². The van der Waals surface area contributed by atoms with Crippen LogP contribution in [0.4, 0.5) is 0 Å². The zero-order valence-electron chi connectivity index (χ0n) is 18.2. The normalized spacial score (nSPS) is 12.3. The van der Waals surface area contributed by atoms with Gasteiger partial charge in [-0.3, -0.25) is 0 Å². The highest BCUT2D eigenvalue weighted by atomic mass is 127. The molecule has 0 aliphatic heterocycles. The summed E-state index contributed by atoms with van der Waals surface area (Å²) in [5, 5.41) is 6.76. The summed E-state index contributed by atoms with van der Waals surface area (Å²) in [6.07, 6.45) is 1.02. The van der Waals surface area contributed by atoms with E-state index in [-0.39, 0.29) is 24.0 Å².